The molecule has 0 aliphatic carbocycles. The van der Waals surface area contributed by atoms with Crippen LogP contribution in [0.15, 0.2) is 36.4 Å². The quantitative estimate of drug-likeness (QED) is 0.757. The molecule has 0 saturated carbocycles. The summed E-state index contributed by atoms with van der Waals surface area (Å²) in [4.78, 5) is 23.6. The van der Waals surface area contributed by atoms with E-state index in [9.17, 15) is 14.0 Å². The van der Waals surface area contributed by atoms with E-state index in [0.29, 0.717) is 21.4 Å². The molecule has 0 spiro atoms. The molecule has 0 aliphatic heterocycles. The van der Waals surface area contributed by atoms with E-state index in [4.69, 9.17) is 34.8 Å². The number of rotatable bonds is 4. The van der Waals surface area contributed by atoms with Crippen molar-refractivity contribution in [2.45, 2.75) is 6.42 Å². The molecule has 23 heavy (non-hydrogen) atoms. The summed E-state index contributed by atoms with van der Waals surface area (Å²) in [6, 6.07) is 8.24. The summed E-state index contributed by atoms with van der Waals surface area (Å²) in [5, 5.41) is 5.55. The van der Waals surface area contributed by atoms with Crippen molar-refractivity contribution in [2.24, 2.45) is 0 Å². The Morgan fingerprint density at radius 1 is 0.870 bits per heavy atom. The van der Waals surface area contributed by atoms with Gasteiger partial charge < -0.3 is 10.6 Å². The number of amides is 2. The van der Waals surface area contributed by atoms with E-state index < -0.39 is 24.1 Å². The maximum absolute atomic E-state index is 13.0. The third-order valence-electron chi connectivity index (χ3n) is 2.67. The summed E-state index contributed by atoms with van der Waals surface area (Å²) in [5.41, 5.74) is 0.671. The van der Waals surface area contributed by atoms with Gasteiger partial charge in [0.1, 0.15) is 12.2 Å². The molecule has 2 rings (SSSR count). The summed E-state index contributed by atoms with van der Waals surface area (Å²) in [5.74, 6) is -1.72. The molecule has 2 aromatic carbocycles. The molecule has 2 N–H and O–H groups in total. The van der Waals surface area contributed by atoms with Crippen LogP contribution in [0.25, 0.3) is 0 Å². The van der Waals surface area contributed by atoms with E-state index in [1.807, 2.05) is 0 Å². The Balaban J connectivity index is 1.94. The Kier molecular flexibility index (Phi) is 5.82. The number of anilines is 2. The van der Waals surface area contributed by atoms with Gasteiger partial charge in [0.05, 0.1) is 5.02 Å². The Morgan fingerprint density at radius 2 is 1.43 bits per heavy atom. The van der Waals surface area contributed by atoms with Crippen LogP contribution < -0.4 is 10.6 Å². The first-order chi connectivity index (χ1) is 10.8. The van der Waals surface area contributed by atoms with Gasteiger partial charge in [0.2, 0.25) is 11.8 Å². The van der Waals surface area contributed by atoms with Crippen LogP contribution in [-0.4, -0.2) is 11.8 Å². The number of carbonyl (C=O) groups excluding carboxylic acids is 2. The van der Waals surface area contributed by atoms with Gasteiger partial charge in [0.25, 0.3) is 0 Å². The van der Waals surface area contributed by atoms with Crippen LogP contribution >= 0.6 is 34.8 Å². The SMILES string of the molecule is O=C(CC(=O)Nc1ccc(F)c(Cl)c1)Nc1cc(Cl)cc(Cl)c1. The van der Waals surface area contributed by atoms with E-state index in [1.54, 1.807) is 0 Å². The normalized spacial score (nSPS) is 10.3. The van der Waals surface area contributed by atoms with Crippen LogP contribution in [-0.2, 0) is 9.59 Å². The molecule has 2 aromatic rings. The van der Waals surface area contributed by atoms with Gasteiger partial charge in [-0.3, -0.25) is 9.59 Å². The Labute approximate surface area is 146 Å². The number of hydrogen-bond donors (Lipinski definition) is 2. The van der Waals surface area contributed by atoms with Crippen LogP contribution in [0.5, 0.6) is 0 Å². The molecule has 0 unspecified atom stereocenters. The fourth-order valence-electron chi connectivity index (χ4n) is 1.76. The first kappa shape index (κ1) is 17.5. The maximum Gasteiger partial charge on any atom is 0.233 e. The highest BCUT2D eigenvalue weighted by atomic mass is 35.5. The summed E-state index contributed by atoms with van der Waals surface area (Å²) in [7, 11) is 0. The second-order valence-electron chi connectivity index (χ2n) is 4.56. The monoisotopic (exact) mass is 374 g/mol. The zero-order valence-electron chi connectivity index (χ0n) is 11.5. The molecule has 0 saturated heterocycles. The summed E-state index contributed by atoms with van der Waals surface area (Å²) < 4.78 is 13.0. The summed E-state index contributed by atoms with van der Waals surface area (Å²) in [6.07, 6.45) is -0.431. The van der Waals surface area contributed by atoms with E-state index in [2.05, 4.69) is 10.6 Å². The first-order valence-corrected chi connectivity index (χ1v) is 7.48. The van der Waals surface area contributed by atoms with Crippen molar-refractivity contribution in [3.8, 4) is 0 Å². The minimum absolute atomic E-state index is 0.124. The molecule has 0 bridgehead atoms. The largest absolute Gasteiger partial charge is 0.326 e. The number of hydrogen-bond acceptors (Lipinski definition) is 2. The minimum Gasteiger partial charge on any atom is -0.326 e. The zero-order chi connectivity index (χ0) is 17.0. The predicted molar refractivity (Wildman–Crippen MR) is 89.7 cm³/mol. The summed E-state index contributed by atoms with van der Waals surface area (Å²) in [6.45, 7) is 0. The van der Waals surface area contributed by atoms with Crippen LogP contribution in [0.3, 0.4) is 0 Å². The third kappa shape index (κ3) is 5.39. The van der Waals surface area contributed by atoms with Gasteiger partial charge in [0, 0.05) is 21.4 Å². The van der Waals surface area contributed by atoms with Gasteiger partial charge in [0.15, 0.2) is 0 Å². The third-order valence-corrected chi connectivity index (χ3v) is 3.40. The average Bonchev–Trinajstić information content (AvgIpc) is 2.41. The van der Waals surface area contributed by atoms with Gasteiger partial charge in [-0.1, -0.05) is 34.8 Å². The van der Waals surface area contributed by atoms with Crippen LogP contribution in [0.1, 0.15) is 6.42 Å². The standard InChI is InChI=1S/C15H10Cl3FN2O2/c16-8-3-9(17)5-11(4-8)21-15(23)7-14(22)20-10-1-2-13(19)12(18)6-10/h1-6H,7H2,(H,20,22)(H,21,23). The number of carbonyl (C=O) groups is 2. The van der Waals surface area contributed by atoms with Crippen molar-refractivity contribution in [3.05, 3.63) is 57.3 Å². The summed E-state index contributed by atoms with van der Waals surface area (Å²) >= 11 is 17.2. The van der Waals surface area contributed by atoms with Crippen molar-refractivity contribution < 1.29 is 14.0 Å². The van der Waals surface area contributed by atoms with Gasteiger partial charge in [-0.25, -0.2) is 4.39 Å². The molecule has 0 fully saturated rings. The number of benzene rings is 2. The predicted octanol–water partition coefficient (Wildman–Crippen LogP) is 4.75. The topological polar surface area (TPSA) is 58.2 Å². The number of halogens is 4. The molecule has 0 aliphatic rings. The molecule has 8 heteroatoms. The molecule has 0 radical (unpaired) electrons. The van der Waals surface area contributed by atoms with E-state index in [0.717, 1.165) is 6.07 Å². The van der Waals surface area contributed by atoms with Crippen molar-refractivity contribution >= 4 is 58.0 Å². The smallest absolute Gasteiger partial charge is 0.233 e. The molecular weight excluding hydrogens is 366 g/mol. The second-order valence-corrected chi connectivity index (χ2v) is 5.84. The van der Waals surface area contributed by atoms with Gasteiger partial charge in [-0.2, -0.15) is 0 Å². The minimum atomic E-state index is -0.597. The highest BCUT2D eigenvalue weighted by molar-refractivity contribution is 6.35. The van der Waals surface area contributed by atoms with E-state index >= 15 is 0 Å². The van der Waals surface area contributed by atoms with Crippen molar-refractivity contribution in [1.82, 2.24) is 0 Å². The highest BCUT2D eigenvalue weighted by Crippen LogP contribution is 2.23. The fourth-order valence-corrected chi connectivity index (χ4v) is 2.46. The lowest BCUT2D eigenvalue weighted by molar-refractivity contribution is -0.123. The molecule has 0 aromatic heterocycles. The Hall–Kier alpha value is -1.82. The molecule has 0 heterocycles. The van der Waals surface area contributed by atoms with E-state index in [-0.39, 0.29) is 5.02 Å². The molecule has 0 atom stereocenters. The molecular formula is C15H10Cl3FN2O2. The molecule has 120 valence electrons. The van der Waals surface area contributed by atoms with Crippen molar-refractivity contribution in [3.63, 3.8) is 0 Å². The van der Waals surface area contributed by atoms with Gasteiger partial charge in [-0.15, -0.1) is 0 Å². The van der Waals surface area contributed by atoms with Crippen LogP contribution in [0.2, 0.25) is 15.1 Å². The first-order valence-electron chi connectivity index (χ1n) is 6.34. The lowest BCUT2D eigenvalue weighted by Gasteiger charge is -2.08. The van der Waals surface area contributed by atoms with Gasteiger partial charge >= 0.3 is 0 Å². The average molecular weight is 376 g/mol. The fraction of sp³-hybridized carbons (Fsp3) is 0.0667. The Morgan fingerprint density at radius 3 is 2.00 bits per heavy atom. The number of nitrogens with one attached hydrogen (secondary N) is 2. The lowest BCUT2D eigenvalue weighted by atomic mass is 10.2. The van der Waals surface area contributed by atoms with Crippen molar-refractivity contribution in [2.75, 3.05) is 10.6 Å². The maximum atomic E-state index is 13.0. The van der Waals surface area contributed by atoms with Gasteiger partial charge in [-0.05, 0) is 36.4 Å². The van der Waals surface area contributed by atoms with Crippen LogP contribution in [0, 0.1) is 5.82 Å². The van der Waals surface area contributed by atoms with Crippen LogP contribution in [0.4, 0.5) is 15.8 Å². The lowest BCUT2D eigenvalue weighted by Crippen LogP contribution is -2.21. The zero-order valence-corrected chi connectivity index (χ0v) is 13.8. The van der Waals surface area contributed by atoms with E-state index in [1.165, 1.54) is 30.3 Å². The Bertz CT molecular complexity index is 748. The highest BCUT2D eigenvalue weighted by Gasteiger charge is 2.11. The molecule has 2 amide bonds. The van der Waals surface area contributed by atoms with Crippen molar-refractivity contribution in [1.29, 1.82) is 0 Å². The molecule has 4 nitrogen and oxygen atoms in total. The second kappa shape index (κ2) is 7.64.